The van der Waals surface area contributed by atoms with Crippen molar-refractivity contribution in [1.29, 1.82) is 0 Å². The number of rotatable bonds is 2. The van der Waals surface area contributed by atoms with Crippen LogP contribution in [0.5, 0.6) is 0 Å². The number of hydrogen-bond acceptors (Lipinski definition) is 5. The Morgan fingerprint density at radius 3 is 2.71 bits per heavy atom. The van der Waals surface area contributed by atoms with Crippen LogP contribution in [-0.4, -0.2) is 42.1 Å². The number of piperidine rings is 1. The third kappa shape index (κ3) is 2.12. The molecule has 0 aromatic rings. The highest BCUT2D eigenvalue weighted by molar-refractivity contribution is 5.78. The van der Waals surface area contributed by atoms with Gasteiger partial charge in [0.1, 0.15) is 13.2 Å². The van der Waals surface area contributed by atoms with Crippen molar-refractivity contribution in [2.75, 3.05) is 26.3 Å². The monoisotopic (exact) mass is 197 g/mol. The average Bonchev–Trinajstić information content (AvgIpc) is 2.72. The van der Waals surface area contributed by atoms with Crippen LogP contribution in [0.1, 0.15) is 19.3 Å². The van der Waals surface area contributed by atoms with Crippen LogP contribution in [0.2, 0.25) is 0 Å². The molecule has 6 nitrogen and oxygen atoms in total. The van der Waals surface area contributed by atoms with Gasteiger partial charge in [-0.2, -0.15) is 0 Å². The summed E-state index contributed by atoms with van der Waals surface area (Å²) in [6.45, 7) is 2.69. The third-order valence-electron chi connectivity index (χ3n) is 2.52. The van der Waals surface area contributed by atoms with Gasteiger partial charge >= 0.3 is 0 Å². The maximum Gasteiger partial charge on any atom is 0.244 e. The van der Waals surface area contributed by atoms with Crippen molar-refractivity contribution in [1.82, 2.24) is 15.3 Å². The molecule has 1 fully saturated rings. The molecule has 1 saturated heterocycles. The van der Waals surface area contributed by atoms with Crippen LogP contribution in [0.15, 0.2) is 10.4 Å². The maximum absolute atomic E-state index is 11.7. The highest BCUT2D eigenvalue weighted by Crippen LogP contribution is 2.09. The number of nitrogens with zero attached hydrogens (tertiary/aromatic N) is 4. The lowest BCUT2D eigenvalue weighted by Gasteiger charge is -2.27. The Hall–Kier alpha value is -1.33. The van der Waals surface area contributed by atoms with Crippen LogP contribution in [0, 0.1) is 0 Å². The van der Waals surface area contributed by atoms with Gasteiger partial charge in [-0.05, 0) is 19.3 Å². The van der Waals surface area contributed by atoms with Gasteiger partial charge in [-0.1, -0.05) is 10.4 Å². The summed E-state index contributed by atoms with van der Waals surface area (Å²) in [6.07, 6.45) is 3.51. The first-order valence-electron chi connectivity index (χ1n) is 5.02. The fraction of sp³-hybridized carbons (Fsp3) is 0.875. The number of carbonyl (C=O) groups excluding carboxylic acids is 1. The van der Waals surface area contributed by atoms with Gasteiger partial charge in [0.05, 0.1) is 0 Å². The van der Waals surface area contributed by atoms with Gasteiger partial charge in [-0.25, -0.2) is 5.01 Å². The Bertz CT molecular complexity index is 236. The second-order valence-electron chi connectivity index (χ2n) is 3.61. The molecule has 0 unspecified atom stereocenters. The lowest BCUT2D eigenvalue weighted by atomic mass is 10.1. The summed E-state index contributed by atoms with van der Waals surface area (Å²) in [6, 6.07) is 0. The SMILES string of the molecule is O=C(CN1CNN=N1)N1CCCCC1. The van der Waals surface area contributed by atoms with Gasteiger partial charge in [0, 0.05) is 13.1 Å². The van der Waals surface area contributed by atoms with E-state index in [0.717, 1.165) is 25.9 Å². The number of likely N-dealkylation sites (tertiary alicyclic amines) is 1. The lowest BCUT2D eigenvalue weighted by Crippen LogP contribution is -2.41. The van der Waals surface area contributed by atoms with E-state index in [1.54, 1.807) is 5.01 Å². The summed E-state index contributed by atoms with van der Waals surface area (Å²) in [4.78, 5) is 13.6. The van der Waals surface area contributed by atoms with Crippen molar-refractivity contribution in [3.63, 3.8) is 0 Å². The summed E-state index contributed by atoms with van der Waals surface area (Å²) in [5.74, 6) is 0.160. The molecule has 6 heteroatoms. The zero-order valence-corrected chi connectivity index (χ0v) is 8.15. The number of carbonyl (C=O) groups is 1. The van der Waals surface area contributed by atoms with E-state index in [2.05, 4.69) is 15.9 Å². The largest absolute Gasteiger partial charge is 0.341 e. The molecule has 0 radical (unpaired) electrons. The van der Waals surface area contributed by atoms with E-state index >= 15 is 0 Å². The number of amides is 1. The first-order chi connectivity index (χ1) is 6.86. The van der Waals surface area contributed by atoms with Crippen molar-refractivity contribution in [3.05, 3.63) is 0 Å². The minimum atomic E-state index is 0.160. The molecule has 2 heterocycles. The van der Waals surface area contributed by atoms with Crippen LogP contribution in [0.3, 0.4) is 0 Å². The molecule has 78 valence electrons. The Balaban J connectivity index is 1.78. The van der Waals surface area contributed by atoms with E-state index < -0.39 is 0 Å². The molecule has 0 aromatic heterocycles. The molecule has 14 heavy (non-hydrogen) atoms. The van der Waals surface area contributed by atoms with E-state index in [-0.39, 0.29) is 5.91 Å². The lowest BCUT2D eigenvalue weighted by molar-refractivity contribution is -0.133. The average molecular weight is 197 g/mol. The summed E-state index contributed by atoms with van der Waals surface area (Å²) in [5.41, 5.74) is 2.69. The van der Waals surface area contributed by atoms with Crippen LogP contribution < -0.4 is 5.43 Å². The second-order valence-corrected chi connectivity index (χ2v) is 3.61. The summed E-state index contributed by atoms with van der Waals surface area (Å²) < 4.78 is 0. The maximum atomic E-state index is 11.7. The summed E-state index contributed by atoms with van der Waals surface area (Å²) in [7, 11) is 0. The normalized spacial score (nSPS) is 21.1. The predicted octanol–water partition coefficient (Wildman–Crippen LogP) is 0.144. The first kappa shape index (κ1) is 9.23. The van der Waals surface area contributed by atoms with Gasteiger partial charge in [0.15, 0.2) is 0 Å². The van der Waals surface area contributed by atoms with Crippen LogP contribution in [-0.2, 0) is 4.79 Å². The molecule has 1 N–H and O–H groups in total. The topological polar surface area (TPSA) is 60.3 Å². The van der Waals surface area contributed by atoms with Crippen LogP contribution in [0.4, 0.5) is 0 Å². The van der Waals surface area contributed by atoms with Crippen LogP contribution >= 0.6 is 0 Å². The molecule has 0 spiro atoms. The fourth-order valence-corrected chi connectivity index (χ4v) is 1.73. The van der Waals surface area contributed by atoms with Crippen molar-refractivity contribution in [3.8, 4) is 0 Å². The van der Waals surface area contributed by atoms with Crippen LogP contribution in [0.25, 0.3) is 0 Å². The smallest absolute Gasteiger partial charge is 0.244 e. The van der Waals surface area contributed by atoms with Gasteiger partial charge in [-0.3, -0.25) is 10.2 Å². The molecule has 0 aliphatic carbocycles. The van der Waals surface area contributed by atoms with Gasteiger partial charge in [0.25, 0.3) is 0 Å². The molecular weight excluding hydrogens is 182 g/mol. The first-order valence-corrected chi connectivity index (χ1v) is 5.02. The van der Waals surface area contributed by atoms with E-state index in [9.17, 15) is 4.79 Å². The third-order valence-corrected chi connectivity index (χ3v) is 2.52. The van der Waals surface area contributed by atoms with E-state index in [1.807, 2.05) is 4.90 Å². The minimum absolute atomic E-state index is 0.160. The fourth-order valence-electron chi connectivity index (χ4n) is 1.73. The molecule has 0 bridgehead atoms. The molecule has 1 amide bonds. The molecular formula is C8H15N5O. The number of nitrogens with one attached hydrogen (secondary N) is 1. The van der Waals surface area contributed by atoms with Gasteiger partial charge in [-0.15, -0.1) is 0 Å². The molecule has 0 atom stereocenters. The molecule has 2 aliphatic heterocycles. The van der Waals surface area contributed by atoms with Crippen molar-refractivity contribution < 1.29 is 4.79 Å². The Morgan fingerprint density at radius 2 is 2.07 bits per heavy atom. The van der Waals surface area contributed by atoms with Gasteiger partial charge < -0.3 is 4.90 Å². The summed E-state index contributed by atoms with van der Waals surface area (Å²) >= 11 is 0. The Morgan fingerprint density at radius 1 is 1.29 bits per heavy atom. The molecule has 2 rings (SSSR count). The van der Waals surface area contributed by atoms with Crippen molar-refractivity contribution in [2.45, 2.75) is 19.3 Å². The Labute approximate surface area is 82.9 Å². The minimum Gasteiger partial charge on any atom is -0.341 e. The van der Waals surface area contributed by atoms with Crippen molar-refractivity contribution >= 4 is 5.91 Å². The predicted molar refractivity (Wildman–Crippen MR) is 50.0 cm³/mol. The Kier molecular flexibility index (Phi) is 2.81. The van der Waals surface area contributed by atoms with Crippen molar-refractivity contribution in [2.24, 2.45) is 10.4 Å². The van der Waals surface area contributed by atoms with Gasteiger partial charge in [0.2, 0.25) is 5.91 Å². The summed E-state index contributed by atoms with van der Waals surface area (Å²) in [5, 5.41) is 9.00. The quantitative estimate of drug-likeness (QED) is 0.685. The molecule has 0 saturated carbocycles. The second kappa shape index (κ2) is 4.26. The number of hydrogen-bond donors (Lipinski definition) is 1. The zero-order chi connectivity index (χ0) is 9.80. The van der Waals surface area contributed by atoms with E-state index in [4.69, 9.17) is 0 Å². The molecule has 2 aliphatic rings. The zero-order valence-electron chi connectivity index (χ0n) is 8.15. The highest BCUT2D eigenvalue weighted by Gasteiger charge is 2.19. The molecule has 0 aromatic carbocycles. The van der Waals surface area contributed by atoms with E-state index in [1.165, 1.54) is 6.42 Å². The standard InChI is InChI=1S/C8H15N5O/c14-8(6-13-7-9-10-11-13)12-4-2-1-3-5-12/h1-7H2,(H,9,11). The highest BCUT2D eigenvalue weighted by atomic mass is 16.2. The van der Waals surface area contributed by atoms with E-state index in [0.29, 0.717) is 13.2 Å².